The van der Waals surface area contributed by atoms with Crippen LogP contribution in [-0.4, -0.2) is 25.3 Å². The van der Waals surface area contributed by atoms with Crippen molar-refractivity contribution in [2.24, 2.45) is 5.92 Å². The molecule has 1 N–H and O–H groups in total. The number of rotatable bonds is 7. The Labute approximate surface area is 134 Å². The lowest BCUT2D eigenvalue weighted by molar-refractivity contribution is -0.0986. The Morgan fingerprint density at radius 3 is 2.71 bits per heavy atom. The first-order valence-electron chi connectivity index (χ1n) is 8.52. The fraction of sp³-hybridized carbons (Fsp3) is 0.778. The van der Waals surface area contributed by atoms with Gasteiger partial charge in [-0.05, 0) is 57.7 Å². The third kappa shape index (κ3) is 4.08. The minimum Gasteiger partial charge on any atom is -0.374 e. The Hall–Kier alpha value is -0.380. The van der Waals surface area contributed by atoms with Crippen molar-refractivity contribution in [2.45, 2.75) is 70.9 Å². The van der Waals surface area contributed by atoms with Gasteiger partial charge in [-0.15, -0.1) is 11.3 Å². The van der Waals surface area contributed by atoms with Gasteiger partial charge in [0.2, 0.25) is 0 Å². The predicted molar refractivity (Wildman–Crippen MR) is 92.2 cm³/mol. The summed E-state index contributed by atoms with van der Waals surface area (Å²) < 4.78 is 6.34. The maximum absolute atomic E-state index is 6.34. The molecule has 3 atom stereocenters. The molecule has 0 aromatic carbocycles. The largest absolute Gasteiger partial charge is 0.374 e. The second-order valence-electron chi connectivity index (χ2n) is 6.47. The summed E-state index contributed by atoms with van der Waals surface area (Å²) in [6.45, 7) is 7.55. The second-order valence-corrected chi connectivity index (χ2v) is 7.72. The Morgan fingerprint density at radius 2 is 2.14 bits per heavy atom. The van der Waals surface area contributed by atoms with Crippen LogP contribution in [0.3, 0.4) is 0 Å². The highest BCUT2D eigenvalue weighted by molar-refractivity contribution is 7.11. The van der Waals surface area contributed by atoms with E-state index >= 15 is 0 Å². The number of hydrogen-bond acceptors (Lipinski definition) is 3. The predicted octanol–water partition coefficient (Wildman–Crippen LogP) is 4.43. The van der Waals surface area contributed by atoms with E-state index in [1.54, 1.807) is 0 Å². The van der Waals surface area contributed by atoms with E-state index in [4.69, 9.17) is 4.74 Å². The molecule has 3 unspecified atom stereocenters. The molecular weight excluding hydrogens is 278 g/mol. The lowest BCUT2D eigenvalue weighted by Gasteiger charge is -2.45. The molecule has 1 aromatic rings. The van der Waals surface area contributed by atoms with Gasteiger partial charge >= 0.3 is 0 Å². The standard InChI is InChI=1S/C18H31NOS/c1-5-15-9-10-16(21-15)12-17(19-4)18(20-6-2)11-7-8-14(3)13-18/h9-10,14,17,19H,5-8,11-13H2,1-4H3. The Bertz CT molecular complexity index is 427. The summed E-state index contributed by atoms with van der Waals surface area (Å²) in [4.78, 5) is 2.98. The van der Waals surface area contributed by atoms with E-state index in [0.29, 0.717) is 6.04 Å². The van der Waals surface area contributed by atoms with Crippen molar-refractivity contribution in [3.05, 3.63) is 21.9 Å². The monoisotopic (exact) mass is 309 g/mol. The van der Waals surface area contributed by atoms with E-state index in [1.807, 2.05) is 11.3 Å². The molecule has 2 rings (SSSR count). The van der Waals surface area contributed by atoms with Crippen molar-refractivity contribution in [1.82, 2.24) is 5.32 Å². The summed E-state index contributed by atoms with van der Waals surface area (Å²) in [7, 11) is 2.10. The van der Waals surface area contributed by atoms with Gasteiger partial charge in [0.1, 0.15) is 0 Å². The third-order valence-electron chi connectivity index (χ3n) is 4.88. The molecule has 1 saturated carbocycles. The topological polar surface area (TPSA) is 21.3 Å². The van der Waals surface area contributed by atoms with Crippen LogP contribution in [-0.2, 0) is 17.6 Å². The first-order valence-corrected chi connectivity index (χ1v) is 9.34. The minimum absolute atomic E-state index is 0.0253. The number of thiophene rings is 1. The van der Waals surface area contributed by atoms with E-state index in [-0.39, 0.29) is 5.60 Å². The number of ether oxygens (including phenoxy) is 1. The van der Waals surface area contributed by atoms with Gasteiger partial charge in [0.05, 0.1) is 5.60 Å². The maximum Gasteiger partial charge on any atom is 0.0840 e. The fourth-order valence-corrected chi connectivity index (χ4v) is 4.86. The fourth-order valence-electron chi connectivity index (χ4n) is 3.85. The van der Waals surface area contributed by atoms with Crippen molar-refractivity contribution in [2.75, 3.05) is 13.7 Å². The zero-order valence-corrected chi connectivity index (χ0v) is 14.9. The van der Waals surface area contributed by atoms with Crippen LogP contribution in [0.2, 0.25) is 0 Å². The van der Waals surface area contributed by atoms with E-state index in [1.165, 1.54) is 35.4 Å². The van der Waals surface area contributed by atoms with E-state index in [0.717, 1.165) is 25.4 Å². The average molecular weight is 310 g/mol. The Morgan fingerprint density at radius 1 is 1.38 bits per heavy atom. The van der Waals surface area contributed by atoms with Gasteiger partial charge in [0.25, 0.3) is 0 Å². The molecular formula is C18H31NOS. The van der Waals surface area contributed by atoms with Crippen LogP contribution >= 0.6 is 11.3 Å². The van der Waals surface area contributed by atoms with E-state index in [9.17, 15) is 0 Å². The first kappa shape index (κ1) is 17.0. The van der Waals surface area contributed by atoms with Crippen LogP contribution in [0.15, 0.2) is 12.1 Å². The van der Waals surface area contributed by atoms with Gasteiger partial charge in [-0.2, -0.15) is 0 Å². The molecule has 0 aliphatic heterocycles. The molecule has 120 valence electrons. The molecule has 0 saturated heterocycles. The highest BCUT2D eigenvalue weighted by Crippen LogP contribution is 2.39. The molecule has 0 bridgehead atoms. The molecule has 0 radical (unpaired) electrons. The summed E-state index contributed by atoms with van der Waals surface area (Å²) in [6.07, 6.45) is 7.27. The molecule has 3 heteroatoms. The summed E-state index contributed by atoms with van der Waals surface area (Å²) in [6, 6.07) is 5.01. The Kier molecular flexibility index (Phi) is 6.27. The molecule has 1 aliphatic rings. The molecule has 0 spiro atoms. The molecule has 1 aliphatic carbocycles. The number of hydrogen-bond donors (Lipinski definition) is 1. The Balaban J connectivity index is 2.14. The van der Waals surface area contributed by atoms with Crippen molar-refractivity contribution in [3.8, 4) is 0 Å². The molecule has 21 heavy (non-hydrogen) atoms. The van der Waals surface area contributed by atoms with Gasteiger partial charge < -0.3 is 10.1 Å². The molecule has 2 nitrogen and oxygen atoms in total. The van der Waals surface area contributed by atoms with Gasteiger partial charge in [-0.3, -0.25) is 0 Å². The van der Waals surface area contributed by atoms with Crippen LogP contribution < -0.4 is 5.32 Å². The van der Waals surface area contributed by atoms with Crippen molar-refractivity contribution >= 4 is 11.3 Å². The number of likely N-dealkylation sites (N-methyl/N-ethyl adjacent to an activating group) is 1. The van der Waals surface area contributed by atoms with Crippen molar-refractivity contribution < 1.29 is 4.74 Å². The van der Waals surface area contributed by atoms with Crippen LogP contribution in [0.5, 0.6) is 0 Å². The normalized spacial score (nSPS) is 27.7. The number of nitrogens with one attached hydrogen (secondary N) is 1. The quantitative estimate of drug-likeness (QED) is 0.804. The second kappa shape index (κ2) is 7.75. The highest BCUT2D eigenvalue weighted by atomic mass is 32.1. The molecule has 1 fully saturated rings. The maximum atomic E-state index is 6.34. The van der Waals surface area contributed by atoms with E-state index in [2.05, 4.69) is 45.3 Å². The van der Waals surface area contributed by atoms with Crippen LogP contribution in [0, 0.1) is 5.92 Å². The summed E-state index contributed by atoms with van der Waals surface area (Å²) >= 11 is 1.96. The molecule has 0 amide bonds. The third-order valence-corrected chi connectivity index (χ3v) is 6.13. The zero-order chi connectivity index (χ0) is 15.3. The van der Waals surface area contributed by atoms with Crippen LogP contribution in [0.4, 0.5) is 0 Å². The SMILES string of the molecule is CCOC1(C(Cc2ccc(CC)s2)NC)CCCC(C)C1. The van der Waals surface area contributed by atoms with Crippen LogP contribution in [0.25, 0.3) is 0 Å². The van der Waals surface area contributed by atoms with Gasteiger partial charge in [0.15, 0.2) is 0 Å². The molecule has 1 heterocycles. The average Bonchev–Trinajstić information content (AvgIpc) is 2.92. The summed E-state index contributed by atoms with van der Waals surface area (Å²) in [5.74, 6) is 0.774. The summed E-state index contributed by atoms with van der Waals surface area (Å²) in [5.41, 5.74) is 0.0253. The summed E-state index contributed by atoms with van der Waals surface area (Å²) in [5, 5.41) is 3.58. The van der Waals surface area contributed by atoms with Gasteiger partial charge in [0, 0.05) is 22.4 Å². The molecule has 1 aromatic heterocycles. The van der Waals surface area contributed by atoms with E-state index < -0.39 is 0 Å². The smallest absolute Gasteiger partial charge is 0.0840 e. The minimum atomic E-state index is 0.0253. The first-order chi connectivity index (χ1) is 10.1. The van der Waals surface area contributed by atoms with Crippen molar-refractivity contribution in [1.29, 1.82) is 0 Å². The lowest BCUT2D eigenvalue weighted by Crippen LogP contribution is -2.55. The number of aryl methyl sites for hydroxylation is 1. The van der Waals surface area contributed by atoms with Crippen molar-refractivity contribution in [3.63, 3.8) is 0 Å². The lowest BCUT2D eigenvalue weighted by atomic mass is 9.73. The van der Waals surface area contributed by atoms with Gasteiger partial charge in [-0.25, -0.2) is 0 Å². The van der Waals surface area contributed by atoms with Gasteiger partial charge in [-0.1, -0.05) is 26.7 Å². The highest BCUT2D eigenvalue weighted by Gasteiger charge is 2.42. The zero-order valence-electron chi connectivity index (χ0n) is 14.1. The van der Waals surface area contributed by atoms with Crippen LogP contribution in [0.1, 0.15) is 56.2 Å².